The van der Waals surface area contributed by atoms with E-state index < -0.39 is 10.0 Å². The van der Waals surface area contributed by atoms with Crippen LogP contribution in [0, 0.1) is 11.3 Å². The normalized spacial score (nSPS) is 19.5. The molecule has 1 aromatic rings. The van der Waals surface area contributed by atoms with Gasteiger partial charge in [0.15, 0.2) is 0 Å². The highest BCUT2D eigenvalue weighted by Gasteiger charge is 2.25. The van der Waals surface area contributed by atoms with Crippen molar-refractivity contribution >= 4 is 10.0 Å². The summed E-state index contributed by atoms with van der Waals surface area (Å²) in [6.45, 7) is 1.39. The molecule has 6 nitrogen and oxygen atoms in total. The highest BCUT2D eigenvalue weighted by Crippen LogP contribution is 2.15. The van der Waals surface area contributed by atoms with Crippen LogP contribution < -0.4 is 5.32 Å². The van der Waals surface area contributed by atoms with Gasteiger partial charge in [-0.3, -0.25) is 0 Å². The van der Waals surface area contributed by atoms with E-state index in [0.717, 1.165) is 19.4 Å². The molecule has 0 spiro atoms. The molecule has 0 bridgehead atoms. The zero-order valence-electron chi connectivity index (χ0n) is 10.7. The minimum atomic E-state index is -3.53. The summed E-state index contributed by atoms with van der Waals surface area (Å²) in [7, 11) is -1.97. The van der Waals surface area contributed by atoms with E-state index >= 15 is 0 Å². The van der Waals surface area contributed by atoms with E-state index in [2.05, 4.69) is 10.3 Å². The third-order valence-corrected chi connectivity index (χ3v) is 5.01. The van der Waals surface area contributed by atoms with Gasteiger partial charge < -0.3 is 5.32 Å². The Kier molecular flexibility index (Phi) is 4.14. The van der Waals surface area contributed by atoms with Crippen LogP contribution in [0.5, 0.6) is 0 Å². The van der Waals surface area contributed by atoms with Crippen molar-refractivity contribution in [1.29, 1.82) is 5.26 Å². The highest BCUT2D eigenvalue weighted by atomic mass is 32.2. The monoisotopic (exact) mass is 280 g/mol. The Balaban J connectivity index is 2.13. The number of rotatable bonds is 4. The molecule has 7 heteroatoms. The van der Waals surface area contributed by atoms with E-state index in [4.69, 9.17) is 5.26 Å². The first-order valence-electron chi connectivity index (χ1n) is 6.10. The Labute approximate surface area is 113 Å². The zero-order valence-corrected chi connectivity index (χ0v) is 11.5. The molecule has 2 heterocycles. The molecule has 1 aliphatic rings. The lowest BCUT2D eigenvalue weighted by molar-refractivity contribution is 0.417. The summed E-state index contributed by atoms with van der Waals surface area (Å²) in [6, 6.07) is 4.91. The predicted octanol–water partition coefficient (Wildman–Crippen LogP) is 0.326. The van der Waals surface area contributed by atoms with Crippen LogP contribution in [-0.4, -0.2) is 43.9 Å². The van der Waals surface area contributed by atoms with Crippen LogP contribution in [0.2, 0.25) is 0 Å². The van der Waals surface area contributed by atoms with Crippen molar-refractivity contribution in [3.8, 4) is 6.07 Å². The molecule has 2 rings (SSSR count). The summed E-state index contributed by atoms with van der Waals surface area (Å²) in [5.41, 5.74) is 0.207. The standard InChI is InChI=1S/C12H16N4O2S/c1-16(9-11-3-2-6-14-11)19(17,18)12-5-4-10(7-13)15-8-12/h4-5,8,11,14H,2-3,6,9H2,1H3. The molecule has 1 atom stereocenters. The molecule has 1 fully saturated rings. The number of hydrogen-bond acceptors (Lipinski definition) is 5. The minimum absolute atomic E-state index is 0.118. The van der Waals surface area contributed by atoms with E-state index in [-0.39, 0.29) is 16.6 Å². The van der Waals surface area contributed by atoms with Gasteiger partial charge in [-0.15, -0.1) is 0 Å². The molecule has 1 aliphatic heterocycles. The summed E-state index contributed by atoms with van der Waals surface area (Å²) in [5, 5.41) is 11.9. The van der Waals surface area contributed by atoms with Crippen molar-refractivity contribution < 1.29 is 8.42 Å². The second kappa shape index (κ2) is 5.65. The van der Waals surface area contributed by atoms with Crippen LogP contribution in [0.15, 0.2) is 23.2 Å². The molecule has 1 aromatic heterocycles. The van der Waals surface area contributed by atoms with E-state index in [0.29, 0.717) is 6.54 Å². The van der Waals surface area contributed by atoms with Crippen LogP contribution in [0.3, 0.4) is 0 Å². The second-order valence-electron chi connectivity index (χ2n) is 4.57. The van der Waals surface area contributed by atoms with Gasteiger partial charge in [-0.05, 0) is 31.5 Å². The molecule has 1 unspecified atom stereocenters. The van der Waals surface area contributed by atoms with Crippen molar-refractivity contribution in [1.82, 2.24) is 14.6 Å². The minimum Gasteiger partial charge on any atom is -0.313 e. The summed E-state index contributed by atoms with van der Waals surface area (Å²) in [6.07, 6.45) is 3.30. The number of nitrogens with zero attached hydrogens (tertiary/aromatic N) is 3. The quantitative estimate of drug-likeness (QED) is 0.858. The number of nitriles is 1. The van der Waals surface area contributed by atoms with Crippen LogP contribution in [0.4, 0.5) is 0 Å². The summed E-state index contributed by atoms with van der Waals surface area (Å²) < 4.78 is 25.9. The van der Waals surface area contributed by atoms with E-state index in [1.54, 1.807) is 7.05 Å². The molecule has 0 radical (unpaired) electrons. The molecule has 19 heavy (non-hydrogen) atoms. The maximum absolute atomic E-state index is 12.3. The lowest BCUT2D eigenvalue weighted by Crippen LogP contribution is -2.38. The van der Waals surface area contributed by atoms with Gasteiger partial charge in [0.1, 0.15) is 16.7 Å². The van der Waals surface area contributed by atoms with Gasteiger partial charge in [-0.2, -0.15) is 9.57 Å². The first-order valence-corrected chi connectivity index (χ1v) is 7.54. The number of nitrogens with one attached hydrogen (secondary N) is 1. The van der Waals surface area contributed by atoms with Crippen molar-refractivity contribution in [3.05, 3.63) is 24.0 Å². The van der Waals surface area contributed by atoms with E-state index in [1.165, 1.54) is 22.6 Å². The topological polar surface area (TPSA) is 86.1 Å². The van der Waals surface area contributed by atoms with Gasteiger partial charge in [0, 0.05) is 25.8 Å². The molecule has 1 saturated heterocycles. The maximum Gasteiger partial charge on any atom is 0.244 e. The second-order valence-corrected chi connectivity index (χ2v) is 6.61. The van der Waals surface area contributed by atoms with Crippen molar-refractivity contribution in [3.63, 3.8) is 0 Å². The van der Waals surface area contributed by atoms with Gasteiger partial charge in [-0.25, -0.2) is 13.4 Å². The first-order chi connectivity index (χ1) is 9.04. The first kappa shape index (κ1) is 13.9. The summed E-state index contributed by atoms with van der Waals surface area (Å²) in [5.74, 6) is 0. The van der Waals surface area contributed by atoms with E-state index in [9.17, 15) is 8.42 Å². The number of pyridine rings is 1. The van der Waals surface area contributed by atoms with Crippen molar-refractivity contribution in [2.75, 3.05) is 20.1 Å². The van der Waals surface area contributed by atoms with Gasteiger partial charge in [0.25, 0.3) is 0 Å². The number of aromatic nitrogens is 1. The Morgan fingerprint density at radius 2 is 2.37 bits per heavy atom. The lowest BCUT2D eigenvalue weighted by atomic mass is 10.2. The van der Waals surface area contributed by atoms with E-state index in [1.807, 2.05) is 6.07 Å². The Hall–Kier alpha value is -1.49. The van der Waals surface area contributed by atoms with Gasteiger partial charge in [0.2, 0.25) is 10.0 Å². The maximum atomic E-state index is 12.3. The van der Waals surface area contributed by atoms with Crippen LogP contribution >= 0.6 is 0 Å². The summed E-state index contributed by atoms with van der Waals surface area (Å²) >= 11 is 0. The van der Waals surface area contributed by atoms with Gasteiger partial charge in [-0.1, -0.05) is 0 Å². The Bertz CT molecular complexity index is 571. The van der Waals surface area contributed by atoms with Gasteiger partial charge in [0.05, 0.1) is 0 Å². The molecule has 0 saturated carbocycles. The third kappa shape index (κ3) is 3.10. The number of likely N-dealkylation sites (N-methyl/N-ethyl adjacent to an activating group) is 1. The van der Waals surface area contributed by atoms with Crippen LogP contribution in [-0.2, 0) is 10.0 Å². The zero-order chi connectivity index (χ0) is 13.9. The third-order valence-electron chi connectivity index (χ3n) is 3.20. The predicted molar refractivity (Wildman–Crippen MR) is 69.8 cm³/mol. The Morgan fingerprint density at radius 3 is 2.89 bits per heavy atom. The average Bonchev–Trinajstić information content (AvgIpc) is 2.91. The number of hydrogen-bond donors (Lipinski definition) is 1. The molecular formula is C12H16N4O2S. The fraction of sp³-hybridized carbons (Fsp3) is 0.500. The molecule has 1 N–H and O–H groups in total. The lowest BCUT2D eigenvalue weighted by Gasteiger charge is -2.20. The van der Waals surface area contributed by atoms with Crippen molar-refractivity contribution in [2.24, 2.45) is 0 Å². The van der Waals surface area contributed by atoms with Crippen LogP contribution in [0.25, 0.3) is 0 Å². The highest BCUT2D eigenvalue weighted by molar-refractivity contribution is 7.89. The summed E-state index contributed by atoms with van der Waals surface area (Å²) in [4.78, 5) is 3.91. The molecule has 0 aromatic carbocycles. The molecule has 0 amide bonds. The fourth-order valence-corrected chi connectivity index (χ4v) is 3.26. The SMILES string of the molecule is CN(CC1CCCN1)S(=O)(=O)c1ccc(C#N)nc1. The fourth-order valence-electron chi connectivity index (χ4n) is 2.10. The molecular weight excluding hydrogens is 264 g/mol. The van der Waals surface area contributed by atoms with Gasteiger partial charge >= 0.3 is 0 Å². The molecule has 102 valence electrons. The smallest absolute Gasteiger partial charge is 0.244 e. The average molecular weight is 280 g/mol. The Morgan fingerprint density at radius 1 is 1.58 bits per heavy atom. The largest absolute Gasteiger partial charge is 0.313 e. The molecule has 0 aliphatic carbocycles. The number of sulfonamides is 1. The van der Waals surface area contributed by atoms with Crippen LogP contribution in [0.1, 0.15) is 18.5 Å². The van der Waals surface area contributed by atoms with Crippen molar-refractivity contribution in [2.45, 2.75) is 23.8 Å².